The second-order valence-corrected chi connectivity index (χ2v) is 2.28. The molecule has 2 heteroatoms. The van der Waals surface area contributed by atoms with E-state index in [0.29, 0.717) is 0 Å². The van der Waals surface area contributed by atoms with Crippen LogP contribution in [0.1, 0.15) is 13.8 Å². The fourth-order valence-electron chi connectivity index (χ4n) is 0.211. The SMILES string of the molecule is CC=C[SH+]CC.[I-]. The Kier molecular flexibility index (Phi) is 15.3. The molecule has 0 rings (SSSR count). The van der Waals surface area contributed by atoms with E-state index in [4.69, 9.17) is 0 Å². The minimum Gasteiger partial charge on any atom is -1.00 e. The van der Waals surface area contributed by atoms with Crippen molar-refractivity contribution in [1.29, 1.82) is 0 Å². The van der Waals surface area contributed by atoms with Crippen LogP contribution in [0, 0.1) is 0 Å². The van der Waals surface area contributed by atoms with Gasteiger partial charge in [-0.3, -0.25) is 0 Å². The third-order valence-corrected chi connectivity index (χ3v) is 1.31. The summed E-state index contributed by atoms with van der Waals surface area (Å²) in [4.78, 5) is 0. The molecule has 0 radical (unpaired) electrons. The van der Waals surface area contributed by atoms with E-state index in [1.54, 1.807) is 0 Å². The molecule has 0 aliphatic carbocycles. The molecular formula is C5H11IS. The van der Waals surface area contributed by atoms with E-state index >= 15 is 0 Å². The Morgan fingerprint density at radius 1 is 1.57 bits per heavy atom. The highest BCUT2D eigenvalue weighted by Gasteiger charge is 1.75. The molecule has 7 heavy (non-hydrogen) atoms. The molecule has 44 valence electrons. The molecule has 0 aromatic rings. The average molecular weight is 230 g/mol. The highest BCUT2D eigenvalue weighted by atomic mass is 127. The predicted octanol–water partition coefficient (Wildman–Crippen LogP) is -1.64. The van der Waals surface area contributed by atoms with Crippen LogP contribution in [0.4, 0.5) is 0 Å². The van der Waals surface area contributed by atoms with Crippen molar-refractivity contribution in [2.75, 3.05) is 5.75 Å². The van der Waals surface area contributed by atoms with Crippen LogP contribution in [-0.4, -0.2) is 5.75 Å². The van der Waals surface area contributed by atoms with Crippen molar-refractivity contribution in [2.45, 2.75) is 13.8 Å². The lowest BCUT2D eigenvalue weighted by Crippen LogP contribution is -3.00. The molecule has 0 bridgehead atoms. The number of thiol groups is 1. The standard InChI is InChI=1S/C5H10S.HI/c1-3-5-6-4-2;/h3,5H,4H2,1-2H3;1H. The van der Waals surface area contributed by atoms with Crippen molar-refractivity contribution < 1.29 is 24.0 Å². The molecule has 0 amide bonds. The van der Waals surface area contributed by atoms with Crippen LogP contribution in [-0.2, 0) is 11.8 Å². The van der Waals surface area contributed by atoms with Crippen LogP contribution in [0.3, 0.4) is 0 Å². The van der Waals surface area contributed by atoms with Crippen LogP contribution in [0.25, 0.3) is 0 Å². The van der Waals surface area contributed by atoms with Crippen LogP contribution in [0.5, 0.6) is 0 Å². The van der Waals surface area contributed by atoms with E-state index in [-0.39, 0.29) is 24.0 Å². The Morgan fingerprint density at radius 3 is 2.29 bits per heavy atom. The van der Waals surface area contributed by atoms with E-state index in [1.165, 1.54) is 17.5 Å². The molecular weight excluding hydrogens is 219 g/mol. The van der Waals surface area contributed by atoms with Gasteiger partial charge in [-0.2, -0.15) is 0 Å². The largest absolute Gasteiger partial charge is 1.00 e. The Labute approximate surface area is 66.8 Å². The first kappa shape index (κ1) is 10.7. The summed E-state index contributed by atoms with van der Waals surface area (Å²) in [5.41, 5.74) is 0. The molecule has 0 aliphatic rings. The molecule has 0 fully saturated rings. The van der Waals surface area contributed by atoms with Gasteiger partial charge < -0.3 is 24.0 Å². The lowest BCUT2D eigenvalue weighted by molar-refractivity contribution is -0.00000133. The topological polar surface area (TPSA) is 0 Å². The van der Waals surface area contributed by atoms with Crippen molar-refractivity contribution in [1.82, 2.24) is 0 Å². The van der Waals surface area contributed by atoms with E-state index in [9.17, 15) is 0 Å². The number of halogens is 1. The molecule has 0 atom stereocenters. The van der Waals surface area contributed by atoms with Crippen LogP contribution >= 0.6 is 0 Å². The molecule has 0 aliphatic heterocycles. The molecule has 0 saturated carbocycles. The summed E-state index contributed by atoms with van der Waals surface area (Å²) >= 11 is 1.43. The first-order chi connectivity index (χ1) is 2.91. The summed E-state index contributed by atoms with van der Waals surface area (Å²) in [5, 5.41) is 2.15. The van der Waals surface area contributed by atoms with Gasteiger partial charge in [-0.25, -0.2) is 0 Å². The van der Waals surface area contributed by atoms with Gasteiger partial charge in [0.05, 0.1) is 0 Å². The number of hydrogen-bond acceptors (Lipinski definition) is 0. The average Bonchev–Trinajstić information content (AvgIpc) is 1.61. The van der Waals surface area contributed by atoms with Gasteiger partial charge in [-0.05, 0) is 19.9 Å². The van der Waals surface area contributed by atoms with Crippen LogP contribution in [0.2, 0.25) is 0 Å². The van der Waals surface area contributed by atoms with E-state index in [2.05, 4.69) is 18.4 Å². The Balaban J connectivity index is 0. The summed E-state index contributed by atoms with van der Waals surface area (Å²) in [5.74, 6) is 1.24. The monoisotopic (exact) mass is 230 g/mol. The predicted molar refractivity (Wildman–Crippen MR) is 34.1 cm³/mol. The quantitative estimate of drug-likeness (QED) is 0.303. The van der Waals surface area contributed by atoms with Gasteiger partial charge in [-0.15, -0.1) is 0 Å². The van der Waals surface area contributed by atoms with E-state index in [0.717, 1.165) is 0 Å². The Hall–Kier alpha value is 0.820. The van der Waals surface area contributed by atoms with Crippen molar-refractivity contribution in [3.63, 3.8) is 0 Å². The molecule has 0 N–H and O–H groups in total. The van der Waals surface area contributed by atoms with Crippen molar-refractivity contribution in [2.24, 2.45) is 0 Å². The molecule has 0 unspecified atom stereocenters. The summed E-state index contributed by atoms with van der Waals surface area (Å²) in [6.45, 7) is 4.21. The normalized spacial score (nSPS) is 8.86. The zero-order valence-electron chi connectivity index (χ0n) is 4.69. The second kappa shape index (κ2) is 9.94. The maximum Gasteiger partial charge on any atom is 0.112 e. The van der Waals surface area contributed by atoms with Gasteiger partial charge in [0.2, 0.25) is 0 Å². The highest BCUT2D eigenvalue weighted by molar-refractivity contribution is 7.81. The van der Waals surface area contributed by atoms with Crippen molar-refractivity contribution >= 4 is 11.8 Å². The third-order valence-electron chi connectivity index (χ3n) is 0.437. The maximum atomic E-state index is 2.17. The maximum absolute atomic E-state index is 2.17. The summed E-state index contributed by atoms with van der Waals surface area (Å²) < 4.78 is 0. The van der Waals surface area contributed by atoms with Gasteiger partial charge in [0.15, 0.2) is 0 Å². The second-order valence-electron chi connectivity index (χ2n) is 0.981. The summed E-state index contributed by atoms with van der Waals surface area (Å²) in [6.07, 6.45) is 2.07. The number of rotatable bonds is 2. The third kappa shape index (κ3) is 10.9. The van der Waals surface area contributed by atoms with Gasteiger partial charge in [0, 0.05) is 11.8 Å². The first-order valence-electron chi connectivity index (χ1n) is 2.19. The Bertz CT molecular complexity index is 43.3. The summed E-state index contributed by atoms with van der Waals surface area (Å²) in [6, 6.07) is 0. The minimum atomic E-state index is 0. The zero-order valence-corrected chi connectivity index (χ0v) is 7.74. The molecule has 0 saturated heterocycles. The summed E-state index contributed by atoms with van der Waals surface area (Å²) in [7, 11) is 0. The van der Waals surface area contributed by atoms with E-state index in [1.807, 2.05) is 6.92 Å². The smallest absolute Gasteiger partial charge is 0.112 e. The number of allylic oxidation sites excluding steroid dienone is 1. The van der Waals surface area contributed by atoms with Crippen LogP contribution in [0.15, 0.2) is 11.5 Å². The fraction of sp³-hybridized carbons (Fsp3) is 0.600. The zero-order chi connectivity index (χ0) is 4.83. The molecule has 0 aromatic carbocycles. The lowest BCUT2D eigenvalue weighted by atomic mass is 10.8. The Morgan fingerprint density at radius 2 is 2.14 bits per heavy atom. The fourth-order valence-corrected chi connectivity index (χ4v) is 0.632. The molecule has 0 aromatic heterocycles. The lowest BCUT2D eigenvalue weighted by Gasteiger charge is -1.66. The van der Waals surface area contributed by atoms with Gasteiger partial charge in [-0.1, -0.05) is 0 Å². The number of hydrogen-bond donors (Lipinski definition) is 0. The molecule has 0 spiro atoms. The highest BCUT2D eigenvalue weighted by Crippen LogP contribution is 1.73. The van der Waals surface area contributed by atoms with Gasteiger partial charge in [0.1, 0.15) is 11.2 Å². The molecule has 0 heterocycles. The molecule has 0 nitrogen and oxygen atoms in total. The van der Waals surface area contributed by atoms with Gasteiger partial charge in [0.25, 0.3) is 0 Å². The van der Waals surface area contributed by atoms with E-state index < -0.39 is 0 Å². The van der Waals surface area contributed by atoms with Gasteiger partial charge >= 0.3 is 0 Å². The minimum absolute atomic E-state index is 0. The van der Waals surface area contributed by atoms with Crippen LogP contribution < -0.4 is 24.0 Å². The van der Waals surface area contributed by atoms with Crippen molar-refractivity contribution in [3.8, 4) is 0 Å². The first-order valence-corrected chi connectivity index (χ1v) is 3.34. The van der Waals surface area contributed by atoms with Crippen molar-refractivity contribution in [3.05, 3.63) is 11.5 Å².